The molecule has 12 nitrogen and oxygen atoms in total. The summed E-state index contributed by atoms with van der Waals surface area (Å²) >= 11 is 0. The van der Waals surface area contributed by atoms with E-state index in [9.17, 15) is 30.3 Å². The maximum Gasteiger partial charge on any atom is 0.231 e. The summed E-state index contributed by atoms with van der Waals surface area (Å²) < 4.78 is 32.4. The average molecular weight is 490 g/mol. The third-order valence-corrected chi connectivity index (χ3v) is 5.94. The molecule has 0 spiro atoms. The molecular weight excluding hydrogens is 468 g/mol. The molecule has 186 valence electrons. The number of methoxy groups -OCH3 is 1. The molecule has 3 unspecified atom stereocenters. The maximum absolute atomic E-state index is 13.2. The molecule has 35 heavy (non-hydrogen) atoms. The van der Waals surface area contributed by atoms with Crippen molar-refractivity contribution in [3.8, 4) is 39.9 Å². The van der Waals surface area contributed by atoms with Crippen LogP contribution in [0.1, 0.15) is 0 Å². The Balaban J connectivity index is 1.49. The van der Waals surface area contributed by atoms with E-state index < -0.39 is 42.7 Å². The predicted molar refractivity (Wildman–Crippen MR) is 117 cm³/mol. The summed E-state index contributed by atoms with van der Waals surface area (Å²) in [7, 11) is 1.36. The Kier molecular flexibility index (Phi) is 5.91. The normalized spacial score (nSPS) is 25.6. The fraction of sp³-hybridized carbons (Fsp3) is 0.348. The van der Waals surface area contributed by atoms with Crippen LogP contribution in [0.25, 0.3) is 22.1 Å². The number of fused-ring (bicyclic) bond motifs is 2. The number of phenolic OH excluding ortho intramolecular Hbond substituents is 1. The van der Waals surface area contributed by atoms with Crippen LogP contribution in [0.5, 0.6) is 28.7 Å². The number of phenols is 1. The minimum Gasteiger partial charge on any atom is -0.504 e. The Morgan fingerprint density at radius 3 is 2.60 bits per heavy atom. The standard InChI is InChI=1S/C23H22O12/c1-30-12-4-9(2-3-11(12)34-23-21(29)20(28)18(26)15(6-24)35-23)10-7-31-13-5-14-22(33-8-32-14)19(27)16(13)17(10)25/h2-5,7,15,18,20-21,23-24,26-29H,6,8H2,1H3/t15?,18-,20?,21?,23-/m0/s1. The number of hydrogen-bond donors (Lipinski definition) is 5. The van der Waals surface area contributed by atoms with E-state index in [4.69, 9.17) is 28.1 Å². The lowest BCUT2D eigenvalue weighted by atomic mass is 9.99. The van der Waals surface area contributed by atoms with Crippen LogP contribution in [0, 0.1) is 0 Å². The van der Waals surface area contributed by atoms with Gasteiger partial charge in [0.1, 0.15) is 41.6 Å². The Morgan fingerprint density at radius 1 is 1.06 bits per heavy atom. The molecule has 0 saturated carbocycles. The molecule has 2 aromatic carbocycles. The van der Waals surface area contributed by atoms with Gasteiger partial charge in [-0.2, -0.15) is 0 Å². The molecule has 5 rings (SSSR count). The molecule has 5 N–H and O–H groups in total. The fourth-order valence-corrected chi connectivity index (χ4v) is 4.05. The van der Waals surface area contributed by atoms with Gasteiger partial charge in [-0.1, -0.05) is 6.07 Å². The van der Waals surface area contributed by atoms with Gasteiger partial charge in [0.15, 0.2) is 23.0 Å². The highest BCUT2D eigenvalue weighted by Gasteiger charge is 2.45. The first-order chi connectivity index (χ1) is 16.8. The quantitative estimate of drug-likeness (QED) is 0.326. The fourth-order valence-electron chi connectivity index (χ4n) is 4.05. The predicted octanol–water partition coefficient (Wildman–Crippen LogP) is 0.0816. The summed E-state index contributed by atoms with van der Waals surface area (Å²) in [4.78, 5) is 13.2. The van der Waals surface area contributed by atoms with Crippen LogP contribution in [0.3, 0.4) is 0 Å². The third kappa shape index (κ3) is 3.81. The van der Waals surface area contributed by atoms with E-state index >= 15 is 0 Å². The minimum atomic E-state index is -1.61. The van der Waals surface area contributed by atoms with Crippen molar-refractivity contribution >= 4 is 11.0 Å². The Morgan fingerprint density at radius 2 is 1.86 bits per heavy atom. The van der Waals surface area contributed by atoms with Gasteiger partial charge >= 0.3 is 0 Å². The van der Waals surface area contributed by atoms with Gasteiger partial charge in [-0.3, -0.25) is 4.79 Å². The van der Waals surface area contributed by atoms with Crippen LogP contribution in [-0.2, 0) is 4.74 Å². The van der Waals surface area contributed by atoms with Crippen molar-refractivity contribution < 1.29 is 53.6 Å². The molecule has 2 aliphatic rings. The van der Waals surface area contributed by atoms with E-state index in [2.05, 4.69) is 0 Å². The van der Waals surface area contributed by atoms with E-state index in [-0.39, 0.29) is 52.1 Å². The summed E-state index contributed by atoms with van der Waals surface area (Å²) in [6.07, 6.45) is -6.07. The van der Waals surface area contributed by atoms with Crippen molar-refractivity contribution in [2.75, 3.05) is 20.5 Å². The van der Waals surface area contributed by atoms with Crippen molar-refractivity contribution in [1.29, 1.82) is 0 Å². The highest BCUT2D eigenvalue weighted by atomic mass is 16.7. The van der Waals surface area contributed by atoms with Crippen molar-refractivity contribution in [2.45, 2.75) is 30.7 Å². The van der Waals surface area contributed by atoms with Crippen LogP contribution in [-0.4, -0.2) is 76.7 Å². The maximum atomic E-state index is 13.2. The lowest BCUT2D eigenvalue weighted by Gasteiger charge is -2.39. The number of aliphatic hydroxyl groups excluding tert-OH is 4. The number of benzene rings is 2. The Bertz CT molecular complexity index is 1320. The van der Waals surface area contributed by atoms with Gasteiger partial charge in [0.2, 0.25) is 24.3 Å². The lowest BCUT2D eigenvalue weighted by Crippen LogP contribution is -2.60. The van der Waals surface area contributed by atoms with Crippen molar-refractivity contribution in [1.82, 2.24) is 0 Å². The number of rotatable bonds is 5. The highest BCUT2D eigenvalue weighted by Crippen LogP contribution is 2.45. The first-order valence-electron chi connectivity index (χ1n) is 10.6. The van der Waals surface area contributed by atoms with Gasteiger partial charge in [-0.05, 0) is 17.7 Å². The van der Waals surface area contributed by atoms with Crippen LogP contribution in [0.4, 0.5) is 0 Å². The summed E-state index contributed by atoms with van der Waals surface area (Å²) in [5.41, 5.74) is 0.0850. The molecular formula is C23H22O12. The minimum absolute atomic E-state index is 0.0582. The van der Waals surface area contributed by atoms with Crippen LogP contribution in [0.2, 0.25) is 0 Å². The number of hydrogen-bond acceptors (Lipinski definition) is 12. The molecule has 3 aromatic rings. The molecule has 1 saturated heterocycles. The largest absolute Gasteiger partial charge is 0.504 e. The SMILES string of the molecule is COc1cc(-c2coc3cc4c(c(O)c3c2=O)OCO4)ccc1O[C@H]1OC(CO)[C@H](O)C(O)C1O. The molecule has 0 amide bonds. The van der Waals surface area contributed by atoms with Crippen molar-refractivity contribution in [3.63, 3.8) is 0 Å². The molecule has 3 heterocycles. The first kappa shape index (κ1) is 23.2. The van der Waals surface area contributed by atoms with E-state index in [1.807, 2.05) is 0 Å². The van der Waals surface area contributed by atoms with E-state index in [1.54, 1.807) is 0 Å². The topological polar surface area (TPSA) is 178 Å². The Labute approximate surface area is 197 Å². The van der Waals surface area contributed by atoms with Gasteiger partial charge in [0, 0.05) is 6.07 Å². The number of aromatic hydroxyl groups is 1. The Hall–Kier alpha value is -3.55. The second-order valence-electron chi connectivity index (χ2n) is 7.99. The molecule has 12 heteroatoms. The smallest absolute Gasteiger partial charge is 0.231 e. The molecule has 5 atom stereocenters. The van der Waals surface area contributed by atoms with E-state index in [1.165, 1.54) is 37.6 Å². The van der Waals surface area contributed by atoms with Crippen LogP contribution >= 0.6 is 0 Å². The zero-order valence-electron chi connectivity index (χ0n) is 18.3. The van der Waals surface area contributed by atoms with Crippen LogP contribution < -0.4 is 24.4 Å². The number of aliphatic hydroxyl groups is 4. The summed E-state index contributed by atoms with van der Waals surface area (Å²) in [6, 6.07) is 5.89. The average Bonchev–Trinajstić information content (AvgIpc) is 3.34. The van der Waals surface area contributed by atoms with Gasteiger partial charge in [-0.15, -0.1) is 0 Å². The monoisotopic (exact) mass is 490 g/mol. The van der Waals surface area contributed by atoms with E-state index in [0.717, 1.165) is 0 Å². The lowest BCUT2D eigenvalue weighted by molar-refractivity contribution is -0.277. The summed E-state index contributed by atoms with van der Waals surface area (Å²) in [5, 5.41) is 50.0. The van der Waals surface area contributed by atoms with Crippen molar-refractivity contribution in [2.24, 2.45) is 0 Å². The van der Waals surface area contributed by atoms with Gasteiger partial charge < -0.3 is 53.6 Å². The molecule has 1 aromatic heterocycles. The van der Waals surface area contributed by atoms with Crippen LogP contribution in [0.15, 0.2) is 39.7 Å². The molecule has 2 aliphatic heterocycles. The number of ether oxygens (including phenoxy) is 5. The second kappa shape index (κ2) is 8.91. The zero-order chi connectivity index (χ0) is 24.9. The zero-order valence-corrected chi connectivity index (χ0v) is 18.3. The van der Waals surface area contributed by atoms with Gasteiger partial charge in [0.25, 0.3) is 0 Å². The summed E-state index contributed by atoms with van der Waals surface area (Å²) in [5.74, 6) is 0.177. The molecule has 0 bridgehead atoms. The van der Waals surface area contributed by atoms with Crippen molar-refractivity contribution in [3.05, 3.63) is 40.8 Å². The van der Waals surface area contributed by atoms with Gasteiger partial charge in [0.05, 0.1) is 19.3 Å². The second-order valence-corrected chi connectivity index (χ2v) is 7.99. The molecule has 0 radical (unpaired) electrons. The first-order valence-corrected chi connectivity index (χ1v) is 10.6. The van der Waals surface area contributed by atoms with Gasteiger partial charge in [-0.25, -0.2) is 0 Å². The molecule has 0 aliphatic carbocycles. The third-order valence-electron chi connectivity index (χ3n) is 5.94. The summed E-state index contributed by atoms with van der Waals surface area (Å²) in [6.45, 7) is -0.695. The highest BCUT2D eigenvalue weighted by molar-refractivity contribution is 5.91. The molecule has 1 fully saturated rings. The van der Waals surface area contributed by atoms with E-state index in [0.29, 0.717) is 5.56 Å².